The molecular weight excluding hydrogens is 338 g/mol. The van der Waals surface area contributed by atoms with Gasteiger partial charge in [-0.2, -0.15) is 0 Å². The molecule has 9 heteroatoms. The van der Waals surface area contributed by atoms with E-state index in [2.05, 4.69) is 0 Å². The van der Waals surface area contributed by atoms with Gasteiger partial charge in [-0.1, -0.05) is 0 Å². The minimum Gasteiger partial charge on any atom is -0.477 e. The molecule has 23 heavy (non-hydrogen) atoms. The van der Waals surface area contributed by atoms with Crippen molar-refractivity contribution >= 4 is 41.8 Å². The highest BCUT2D eigenvalue weighted by molar-refractivity contribution is 8.02. The highest BCUT2D eigenvalue weighted by Crippen LogP contribution is 2.40. The molecule has 0 unspecified atom stereocenters. The van der Waals surface area contributed by atoms with Crippen LogP contribution in [0.1, 0.15) is 6.42 Å². The van der Waals surface area contributed by atoms with Gasteiger partial charge in [0.25, 0.3) is 0 Å². The molecule has 0 saturated carbocycles. The number of amides is 2. The minimum atomic E-state index is -1.10. The first-order valence-corrected chi connectivity index (χ1v) is 9.20. The zero-order valence-electron chi connectivity index (χ0n) is 12.3. The molecule has 3 heterocycles. The molecule has 0 aromatic rings. The average Bonchev–Trinajstić information content (AvgIpc) is 3.01. The third-order valence-corrected chi connectivity index (χ3v) is 6.49. The summed E-state index contributed by atoms with van der Waals surface area (Å²) >= 11 is 3.07. The van der Waals surface area contributed by atoms with Gasteiger partial charge in [0.1, 0.15) is 17.1 Å². The quantitative estimate of drug-likeness (QED) is 0.530. The Bertz CT molecular complexity index is 607. The lowest BCUT2D eigenvalue weighted by molar-refractivity contribution is -0.147. The molecule has 2 fully saturated rings. The number of carbonyl (C=O) groups excluding carboxylic acids is 2. The van der Waals surface area contributed by atoms with Crippen LogP contribution in [0.3, 0.4) is 0 Å². The summed E-state index contributed by atoms with van der Waals surface area (Å²) in [5.41, 5.74) is 6.37. The van der Waals surface area contributed by atoms with E-state index in [0.29, 0.717) is 23.1 Å². The van der Waals surface area contributed by atoms with Crippen LogP contribution in [-0.2, 0) is 14.4 Å². The van der Waals surface area contributed by atoms with E-state index in [1.54, 1.807) is 22.7 Å². The number of thioether (sulfide) groups is 2. The van der Waals surface area contributed by atoms with Gasteiger partial charge in [-0.05, 0) is 23.5 Å². The molecule has 3 atom stereocenters. The van der Waals surface area contributed by atoms with Gasteiger partial charge >= 0.3 is 5.97 Å². The van der Waals surface area contributed by atoms with Crippen LogP contribution in [0.15, 0.2) is 22.8 Å². The number of nitrogens with two attached hydrogens (primary N) is 1. The number of carboxylic acids is 1. The molecule has 0 bridgehead atoms. The number of aliphatic carboxylic acids is 1. The summed E-state index contributed by atoms with van der Waals surface area (Å²) in [5, 5.41) is 11.3. The Labute approximate surface area is 141 Å². The fourth-order valence-corrected chi connectivity index (χ4v) is 5.11. The second-order valence-corrected chi connectivity index (χ2v) is 7.88. The smallest absolute Gasteiger partial charge is 0.352 e. The van der Waals surface area contributed by atoms with E-state index in [1.807, 2.05) is 5.41 Å². The Hall–Kier alpha value is -1.45. The van der Waals surface area contributed by atoms with Gasteiger partial charge in [0.05, 0.1) is 0 Å². The molecule has 3 N–H and O–H groups in total. The number of carbonyl (C=O) groups is 3. The lowest BCUT2D eigenvalue weighted by atomic mass is 10.0. The molecule has 3 aliphatic rings. The highest BCUT2D eigenvalue weighted by Gasteiger charge is 2.51. The second-order valence-electron chi connectivity index (χ2n) is 5.56. The van der Waals surface area contributed by atoms with Crippen molar-refractivity contribution in [2.45, 2.75) is 23.1 Å². The number of nitrogens with zero attached hydrogens (tertiary/aromatic N) is 2. The van der Waals surface area contributed by atoms with Crippen molar-refractivity contribution in [2.24, 2.45) is 5.73 Å². The first-order valence-electron chi connectivity index (χ1n) is 7.21. The number of allylic oxidation sites excluding steroid dienone is 1. The summed E-state index contributed by atoms with van der Waals surface area (Å²) in [6.07, 6.45) is 3.54. The molecule has 2 amide bonds. The zero-order valence-corrected chi connectivity index (χ0v) is 13.9. The predicted molar refractivity (Wildman–Crippen MR) is 88.5 cm³/mol. The summed E-state index contributed by atoms with van der Waals surface area (Å²) in [6.45, 7) is 1.47. The van der Waals surface area contributed by atoms with Gasteiger partial charge in [0.15, 0.2) is 0 Å². The lowest BCUT2D eigenvalue weighted by Gasteiger charge is -2.47. The number of rotatable bonds is 5. The van der Waals surface area contributed by atoms with Crippen LogP contribution in [0.4, 0.5) is 0 Å². The highest BCUT2D eigenvalue weighted by atomic mass is 32.2. The van der Waals surface area contributed by atoms with E-state index < -0.39 is 12.0 Å². The van der Waals surface area contributed by atoms with Crippen molar-refractivity contribution in [3.63, 3.8) is 0 Å². The van der Waals surface area contributed by atoms with Gasteiger partial charge in [0.2, 0.25) is 12.3 Å². The van der Waals surface area contributed by atoms with Crippen molar-refractivity contribution < 1.29 is 19.5 Å². The number of carboxylic acid groups (broad SMARTS) is 1. The maximum absolute atomic E-state index is 11.8. The van der Waals surface area contributed by atoms with Crippen LogP contribution in [-0.4, -0.2) is 68.7 Å². The topological polar surface area (TPSA) is 104 Å². The Morgan fingerprint density at radius 2 is 2.26 bits per heavy atom. The predicted octanol–water partition coefficient (Wildman–Crippen LogP) is 0.0451. The molecule has 3 aliphatic heterocycles. The van der Waals surface area contributed by atoms with E-state index in [4.69, 9.17) is 5.73 Å². The van der Waals surface area contributed by atoms with Crippen LogP contribution in [0.25, 0.3) is 0 Å². The first-order chi connectivity index (χ1) is 11.0. The molecule has 124 valence electrons. The van der Waals surface area contributed by atoms with Crippen LogP contribution >= 0.6 is 23.5 Å². The standard InChI is InChI=1S/C14H17N3O4S2/c15-10-12(19)17-11(14(20)21)8(6-23-13(10)17)2-4-22-9-1-3-16(5-9)7-18/h2,4,7,9-10,13H,1,3,5-6,15H2,(H,20,21)/t9-,10+,13+/m0/s1. The Morgan fingerprint density at radius 3 is 2.91 bits per heavy atom. The van der Waals surface area contributed by atoms with Gasteiger partial charge in [-0.3, -0.25) is 14.5 Å². The van der Waals surface area contributed by atoms with Gasteiger partial charge in [-0.25, -0.2) is 4.79 Å². The van der Waals surface area contributed by atoms with Gasteiger partial charge in [0, 0.05) is 24.1 Å². The van der Waals surface area contributed by atoms with Crippen LogP contribution in [0.5, 0.6) is 0 Å². The van der Waals surface area contributed by atoms with Gasteiger partial charge in [-0.15, -0.1) is 23.5 Å². The van der Waals surface area contributed by atoms with Crippen molar-refractivity contribution in [3.8, 4) is 0 Å². The molecule has 2 saturated heterocycles. The third-order valence-electron chi connectivity index (χ3n) is 4.11. The van der Waals surface area contributed by atoms with Crippen molar-refractivity contribution in [1.29, 1.82) is 0 Å². The van der Waals surface area contributed by atoms with Crippen molar-refractivity contribution in [1.82, 2.24) is 9.80 Å². The summed E-state index contributed by atoms with van der Waals surface area (Å²) < 4.78 is 0. The molecule has 0 radical (unpaired) electrons. The van der Waals surface area contributed by atoms with E-state index >= 15 is 0 Å². The normalized spacial score (nSPS) is 30.7. The molecule has 0 aromatic carbocycles. The lowest BCUT2D eigenvalue weighted by Crippen LogP contribution is -2.68. The Kier molecular flexibility index (Phi) is 4.69. The molecule has 0 aromatic heterocycles. The van der Waals surface area contributed by atoms with E-state index in [-0.39, 0.29) is 17.0 Å². The minimum absolute atomic E-state index is 0.0400. The van der Waals surface area contributed by atoms with E-state index in [1.165, 1.54) is 16.7 Å². The van der Waals surface area contributed by atoms with Crippen LogP contribution in [0, 0.1) is 0 Å². The fraction of sp³-hybridized carbons (Fsp3) is 0.500. The number of hydrogen-bond donors (Lipinski definition) is 2. The molecule has 0 spiro atoms. The maximum atomic E-state index is 11.8. The van der Waals surface area contributed by atoms with Crippen molar-refractivity contribution in [3.05, 3.63) is 22.8 Å². The number of hydrogen-bond acceptors (Lipinski definition) is 6. The van der Waals surface area contributed by atoms with Gasteiger partial charge < -0.3 is 15.7 Å². The largest absolute Gasteiger partial charge is 0.477 e. The van der Waals surface area contributed by atoms with Crippen LogP contribution in [0.2, 0.25) is 0 Å². The Morgan fingerprint density at radius 1 is 1.48 bits per heavy atom. The third kappa shape index (κ3) is 3.00. The number of likely N-dealkylation sites (tertiary alicyclic amines) is 1. The molecule has 0 aliphatic carbocycles. The first kappa shape index (κ1) is 16.4. The molecule has 7 nitrogen and oxygen atoms in total. The number of fused-ring (bicyclic) bond motifs is 1. The Balaban J connectivity index is 1.70. The van der Waals surface area contributed by atoms with Crippen LogP contribution < -0.4 is 5.73 Å². The number of β-lactam (4-membered cyclic amide) rings is 1. The molecule has 3 rings (SSSR count). The SMILES string of the molecule is N[C@@H]1C(=O)N2C(C(=O)O)=C(C=CS[C@H]3CCN(C=O)C3)CS[C@H]12. The summed E-state index contributed by atoms with van der Waals surface area (Å²) in [7, 11) is 0. The molecular formula is C14H17N3O4S2. The van der Waals surface area contributed by atoms with E-state index in [9.17, 15) is 19.5 Å². The second kappa shape index (κ2) is 6.58. The average molecular weight is 355 g/mol. The zero-order chi connectivity index (χ0) is 16.6. The monoisotopic (exact) mass is 355 g/mol. The summed E-state index contributed by atoms with van der Waals surface area (Å²) in [6, 6.07) is -0.609. The fourth-order valence-electron chi connectivity index (χ4n) is 2.86. The van der Waals surface area contributed by atoms with E-state index in [0.717, 1.165) is 19.4 Å². The van der Waals surface area contributed by atoms with Crippen molar-refractivity contribution in [2.75, 3.05) is 18.8 Å². The maximum Gasteiger partial charge on any atom is 0.352 e. The summed E-state index contributed by atoms with van der Waals surface area (Å²) in [5.74, 6) is -0.921. The summed E-state index contributed by atoms with van der Waals surface area (Å²) in [4.78, 5) is 37.1.